The van der Waals surface area contributed by atoms with Gasteiger partial charge in [0.15, 0.2) is 0 Å². The van der Waals surface area contributed by atoms with E-state index in [-0.39, 0.29) is 22.8 Å². The maximum absolute atomic E-state index is 12.9. The normalized spacial score (nSPS) is 10.5. The number of nitro groups is 1. The molecule has 0 bridgehead atoms. The summed E-state index contributed by atoms with van der Waals surface area (Å²) in [7, 11) is 1.59. The molecule has 9 heteroatoms. The molecule has 3 rings (SSSR count). The lowest BCUT2D eigenvalue weighted by molar-refractivity contribution is -0.384. The number of amides is 1. The molecule has 1 heterocycles. The molecule has 0 aliphatic carbocycles. The van der Waals surface area contributed by atoms with E-state index in [0.717, 1.165) is 11.3 Å². The molecular formula is C19H19N5O4. The smallest absolute Gasteiger partial charge is 0.295 e. The first-order valence-electron chi connectivity index (χ1n) is 8.59. The van der Waals surface area contributed by atoms with E-state index >= 15 is 0 Å². The number of hydrogen-bond acceptors (Lipinski definition) is 6. The van der Waals surface area contributed by atoms with Crippen molar-refractivity contribution in [2.45, 2.75) is 13.5 Å². The highest BCUT2D eigenvalue weighted by atomic mass is 16.6. The molecule has 1 aromatic heterocycles. The topological polar surface area (TPSA) is 103 Å². The van der Waals surface area contributed by atoms with Crippen molar-refractivity contribution < 1.29 is 14.5 Å². The Hall–Kier alpha value is -3.75. The van der Waals surface area contributed by atoms with Crippen LogP contribution in [-0.2, 0) is 6.54 Å². The van der Waals surface area contributed by atoms with Crippen molar-refractivity contribution in [1.29, 1.82) is 0 Å². The van der Waals surface area contributed by atoms with E-state index in [1.54, 1.807) is 18.1 Å². The van der Waals surface area contributed by atoms with Crippen LogP contribution >= 0.6 is 0 Å². The molecule has 144 valence electrons. The third-order valence-corrected chi connectivity index (χ3v) is 4.29. The van der Waals surface area contributed by atoms with Gasteiger partial charge in [0.05, 0.1) is 12.0 Å². The summed E-state index contributed by atoms with van der Waals surface area (Å²) in [4.78, 5) is 29.3. The molecule has 0 aliphatic heterocycles. The molecule has 0 aliphatic rings. The minimum atomic E-state index is -0.534. The summed E-state index contributed by atoms with van der Waals surface area (Å²) in [6, 6.07) is 11.7. The number of hydrogen-bond donors (Lipinski definition) is 0. The summed E-state index contributed by atoms with van der Waals surface area (Å²) in [6.07, 6.45) is 2.66. The Kier molecular flexibility index (Phi) is 5.64. The number of ether oxygens (including phenoxy) is 1. The van der Waals surface area contributed by atoms with Gasteiger partial charge < -0.3 is 9.64 Å². The Morgan fingerprint density at radius 2 is 2.00 bits per heavy atom. The first-order valence-corrected chi connectivity index (χ1v) is 8.59. The Labute approximate surface area is 161 Å². The summed E-state index contributed by atoms with van der Waals surface area (Å²) in [6.45, 7) is 2.71. The van der Waals surface area contributed by atoms with Gasteiger partial charge in [-0.3, -0.25) is 14.9 Å². The van der Waals surface area contributed by atoms with Gasteiger partial charge in [-0.1, -0.05) is 12.1 Å². The standard InChI is InChI=1S/C19H19N5O4/c1-3-22(11-14-4-7-16(28-2)8-5-14)19(25)15-6-9-17(18(10-15)24(26)27)23-13-20-12-21-23/h4-10,12-13H,3,11H2,1-2H3. The molecule has 1 amide bonds. The SMILES string of the molecule is CCN(Cc1ccc(OC)cc1)C(=O)c1ccc(-n2cncn2)c([N+](=O)[O-])c1. The third kappa shape index (κ3) is 3.98. The van der Waals surface area contributed by atoms with Crippen LogP contribution in [0.3, 0.4) is 0 Å². The summed E-state index contributed by atoms with van der Waals surface area (Å²) in [5, 5.41) is 15.4. The molecule has 0 fully saturated rings. The van der Waals surface area contributed by atoms with Crippen molar-refractivity contribution in [3.8, 4) is 11.4 Å². The van der Waals surface area contributed by atoms with Crippen molar-refractivity contribution in [3.05, 3.63) is 76.4 Å². The average molecular weight is 381 g/mol. The number of rotatable bonds is 7. The maximum Gasteiger partial charge on any atom is 0.295 e. The molecule has 28 heavy (non-hydrogen) atoms. The fourth-order valence-electron chi connectivity index (χ4n) is 2.79. The van der Waals surface area contributed by atoms with Gasteiger partial charge in [-0.15, -0.1) is 0 Å². The Morgan fingerprint density at radius 1 is 1.25 bits per heavy atom. The zero-order valence-corrected chi connectivity index (χ0v) is 15.5. The van der Waals surface area contributed by atoms with Crippen molar-refractivity contribution in [2.24, 2.45) is 0 Å². The highest BCUT2D eigenvalue weighted by molar-refractivity contribution is 5.95. The first kappa shape index (κ1) is 19.0. The van der Waals surface area contributed by atoms with E-state index in [2.05, 4.69) is 10.1 Å². The predicted molar refractivity (Wildman–Crippen MR) is 101 cm³/mol. The van der Waals surface area contributed by atoms with Crippen LogP contribution < -0.4 is 4.74 Å². The molecule has 0 radical (unpaired) electrons. The van der Waals surface area contributed by atoms with E-state index in [9.17, 15) is 14.9 Å². The largest absolute Gasteiger partial charge is 0.497 e. The van der Waals surface area contributed by atoms with Crippen molar-refractivity contribution in [1.82, 2.24) is 19.7 Å². The number of nitro benzene ring substituents is 1. The summed E-state index contributed by atoms with van der Waals surface area (Å²) in [5.74, 6) is 0.448. The Bertz CT molecular complexity index is 970. The van der Waals surface area contributed by atoms with Gasteiger partial charge in [-0.2, -0.15) is 5.10 Å². The molecule has 0 unspecified atom stereocenters. The fourth-order valence-corrected chi connectivity index (χ4v) is 2.79. The molecule has 0 spiro atoms. The van der Waals surface area contributed by atoms with Gasteiger partial charge in [-0.25, -0.2) is 9.67 Å². The second-order valence-corrected chi connectivity index (χ2v) is 5.97. The van der Waals surface area contributed by atoms with Crippen LogP contribution in [0.2, 0.25) is 0 Å². The Morgan fingerprint density at radius 3 is 2.57 bits per heavy atom. The molecule has 9 nitrogen and oxygen atoms in total. The van der Waals surface area contributed by atoms with Crippen molar-refractivity contribution in [2.75, 3.05) is 13.7 Å². The number of aromatic nitrogens is 3. The van der Waals surface area contributed by atoms with E-state index < -0.39 is 4.92 Å². The predicted octanol–water partition coefficient (Wildman–Crippen LogP) is 2.85. The van der Waals surface area contributed by atoms with Crippen LogP contribution in [0.25, 0.3) is 5.69 Å². The summed E-state index contributed by atoms with van der Waals surface area (Å²) in [5.41, 5.74) is 1.21. The molecule has 0 saturated heterocycles. The van der Waals surface area contributed by atoms with Crippen LogP contribution in [-0.4, -0.2) is 44.1 Å². The number of benzene rings is 2. The first-order chi connectivity index (χ1) is 13.5. The molecule has 0 saturated carbocycles. The number of carbonyl (C=O) groups excluding carboxylic acids is 1. The van der Waals surface area contributed by atoms with Crippen molar-refractivity contribution in [3.63, 3.8) is 0 Å². The lowest BCUT2D eigenvalue weighted by Gasteiger charge is -2.21. The minimum Gasteiger partial charge on any atom is -0.497 e. The molecule has 0 atom stereocenters. The molecule has 0 N–H and O–H groups in total. The molecular weight excluding hydrogens is 362 g/mol. The third-order valence-electron chi connectivity index (χ3n) is 4.29. The number of nitrogens with zero attached hydrogens (tertiary/aromatic N) is 5. The quantitative estimate of drug-likeness (QED) is 0.460. The van der Waals surface area contributed by atoms with Gasteiger partial charge in [0.2, 0.25) is 0 Å². The zero-order chi connectivity index (χ0) is 20.1. The van der Waals surface area contributed by atoms with Gasteiger partial charge in [-0.05, 0) is 36.8 Å². The highest BCUT2D eigenvalue weighted by Crippen LogP contribution is 2.24. The number of carbonyl (C=O) groups is 1. The second kappa shape index (κ2) is 8.30. The van der Waals surface area contributed by atoms with Crippen LogP contribution in [0.1, 0.15) is 22.8 Å². The second-order valence-electron chi connectivity index (χ2n) is 5.97. The van der Waals surface area contributed by atoms with Gasteiger partial charge >= 0.3 is 0 Å². The maximum atomic E-state index is 12.9. The monoisotopic (exact) mass is 381 g/mol. The lowest BCUT2D eigenvalue weighted by atomic mass is 10.1. The molecule has 2 aromatic carbocycles. The Balaban J connectivity index is 1.87. The average Bonchev–Trinajstić information content (AvgIpc) is 3.26. The summed E-state index contributed by atoms with van der Waals surface area (Å²) >= 11 is 0. The van der Waals surface area contributed by atoms with Crippen LogP contribution in [0, 0.1) is 10.1 Å². The van der Waals surface area contributed by atoms with Gasteiger partial charge in [0, 0.05) is 24.7 Å². The van der Waals surface area contributed by atoms with Crippen LogP contribution in [0.4, 0.5) is 5.69 Å². The van der Waals surface area contributed by atoms with Crippen LogP contribution in [0.5, 0.6) is 5.75 Å². The molecule has 3 aromatic rings. The highest BCUT2D eigenvalue weighted by Gasteiger charge is 2.22. The number of methoxy groups -OCH3 is 1. The van der Waals surface area contributed by atoms with Gasteiger partial charge in [0.1, 0.15) is 24.1 Å². The van der Waals surface area contributed by atoms with E-state index in [0.29, 0.717) is 13.1 Å². The van der Waals surface area contributed by atoms with Gasteiger partial charge in [0.25, 0.3) is 11.6 Å². The van der Waals surface area contributed by atoms with E-state index in [1.165, 1.54) is 29.5 Å². The van der Waals surface area contributed by atoms with E-state index in [1.807, 2.05) is 31.2 Å². The van der Waals surface area contributed by atoms with Crippen LogP contribution in [0.15, 0.2) is 55.1 Å². The van der Waals surface area contributed by atoms with E-state index in [4.69, 9.17) is 4.74 Å². The van der Waals surface area contributed by atoms with Crippen molar-refractivity contribution >= 4 is 11.6 Å². The minimum absolute atomic E-state index is 0.211. The fraction of sp³-hybridized carbons (Fsp3) is 0.211. The zero-order valence-electron chi connectivity index (χ0n) is 15.5. The summed E-state index contributed by atoms with van der Waals surface area (Å²) < 4.78 is 6.43. The lowest BCUT2D eigenvalue weighted by Crippen LogP contribution is -2.30.